The second-order valence-electron chi connectivity index (χ2n) is 4.88. The number of hydrogen-bond donors (Lipinski definition) is 1. The predicted octanol–water partition coefficient (Wildman–Crippen LogP) is 3.98. The Balaban J connectivity index is 1.89. The number of nitrogens with zero attached hydrogens (tertiary/aromatic N) is 1. The Morgan fingerprint density at radius 3 is 2.82 bits per heavy atom. The molecule has 88 valence electrons. The Bertz CT molecular complexity index is 496. The van der Waals surface area contributed by atoms with Crippen molar-refractivity contribution < 1.29 is 0 Å². The zero-order chi connectivity index (χ0) is 11.5. The van der Waals surface area contributed by atoms with Crippen molar-refractivity contribution in [2.24, 2.45) is 0 Å². The van der Waals surface area contributed by atoms with E-state index in [0.717, 1.165) is 0 Å². The molecule has 2 heteroatoms. The molecule has 1 aliphatic carbocycles. The molecule has 0 saturated heterocycles. The summed E-state index contributed by atoms with van der Waals surface area (Å²) < 4.78 is 0. The van der Waals surface area contributed by atoms with Crippen molar-refractivity contribution in [3.63, 3.8) is 0 Å². The van der Waals surface area contributed by atoms with Crippen molar-refractivity contribution in [2.45, 2.75) is 38.1 Å². The Kier molecular flexibility index (Phi) is 2.95. The molecule has 1 fully saturated rings. The van der Waals surface area contributed by atoms with Gasteiger partial charge in [0.25, 0.3) is 0 Å². The number of anilines is 1. The first kappa shape index (κ1) is 10.6. The van der Waals surface area contributed by atoms with E-state index in [-0.39, 0.29) is 0 Å². The maximum atomic E-state index is 4.23. The van der Waals surface area contributed by atoms with Gasteiger partial charge in [-0.1, -0.05) is 31.4 Å². The van der Waals surface area contributed by atoms with Crippen molar-refractivity contribution in [1.29, 1.82) is 0 Å². The van der Waals surface area contributed by atoms with Crippen LogP contribution in [0.4, 0.5) is 5.69 Å². The second-order valence-corrected chi connectivity index (χ2v) is 4.88. The van der Waals surface area contributed by atoms with Crippen LogP contribution >= 0.6 is 0 Å². The molecule has 1 aromatic carbocycles. The summed E-state index contributed by atoms with van der Waals surface area (Å²) in [6.45, 7) is 0. The number of benzene rings is 1. The van der Waals surface area contributed by atoms with Gasteiger partial charge in [-0.2, -0.15) is 0 Å². The van der Waals surface area contributed by atoms with E-state index in [0.29, 0.717) is 6.04 Å². The zero-order valence-electron chi connectivity index (χ0n) is 10.0. The summed E-state index contributed by atoms with van der Waals surface area (Å²) in [5.41, 5.74) is 1.24. The van der Waals surface area contributed by atoms with Gasteiger partial charge in [-0.25, -0.2) is 0 Å². The van der Waals surface area contributed by atoms with Crippen molar-refractivity contribution in [1.82, 2.24) is 4.98 Å². The standard InChI is InChI=1S/C15H18N2/c1-2-6-13(7-3-1)17-15-8-4-5-12-9-10-16-11-14(12)15/h4-5,8-11,13,17H,1-3,6-7H2. The number of fused-ring (bicyclic) bond motifs is 1. The van der Waals surface area contributed by atoms with E-state index < -0.39 is 0 Å². The molecular weight excluding hydrogens is 208 g/mol. The monoisotopic (exact) mass is 226 g/mol. The first-order chi connectivity index (χ1) is 8.43. The van der Waals surface area contributed by atoms with Gasteiger partial charge in [0.05, 0.1) is 0 Å². The molecule has 1 aliphatic rings. The molecule has 17 heavy (non-hydrogen) atoms. The summed E-state index contributed by atoms with van der Waals surface area (Å²) in [7, 11) is 0. The molecule has 0 amide bonds. The van der Waals surface area contributed by atoms with Gasteiger partial charge in [0, 0.05) is 29.5 Å². The molecule has 1 heterocycles. The summed E-state index contributed by atoms with van der Waals surface area (Å²) in [4.78, 5) is 4.23. The molecular formula is C15H18N2. The van der Waals surface area contributed by atoms with Crippen LogP contribution in [0.3, 0.4) is 0 Å². The van der Waals surface area contributed by atoms with Gasteiger partial charge < -0.3 is 5.32 Å². The van der Waals surface area contributed by atoms with E-state index in [1.807, 2.05) is 12.4 Å². The molecule has 3 rings (SSSR count). The van der Waals surface area contributed by atoms with E-state index in [1.165, 1.54) is 48.6 Å². The topological polar surface area (TPSA) is 24.9 Å². The van der Waals surface area contributed by atoms with Crippen LogP contribution in [0.2, 0.25) is 0 Å². The molecule has 0 unspecified atom stereocenters. The van der Waals surface area contributed by atoms with E-state index in [2.05, 4.69) is 34.6 Å². The number of hydrogen-bond acceptors (Lipinski definition) is 2. The lowest BCUT2D eigenvalue weighted by Crippen LogP contribution is -2.22. The second kappa shape index (κ2) is 4.74. The minimum Gasteiger partial charge on any atom is -0.382 e. The average Bonchev–Trinajstić information content (AvgIpc) is 2.40. The third kappa shape index (κ3) is 2.26. The van der Waals surface area contributed by atoms with Crippen molar-refractivity contribution >= 4 is 16.5 Å². The smallest absolute Gasteiger partial charge is 0.0437 e. The molecule has 0 radical (unpaired) electrons. The molecule has 2 nitrogen and oxygen atoms in total. The Morgan fingerprint density at radius 1 is 1.06 bits per heavy atom. The van der Waals surface area contributed by atoms with E-state index in [4.69, 9.17) is 0 Å². The molecule has 0 atom stereocenters. The summed E-state index contributed by atoms with van der Waals surface area (Å²) in [6, 6.07) is 9.14. The zero-order valence-corrected chi connectivity index (χ0v) is 10.0. The lowest BCUT2D eigenvalue weighted by atomic mass is 9.95. The molecule has 0 bridgehead atoms. The van der Waals surface area contributed by atoms with E-state index >= 15 is 0 Å². The SMILES string of the molecule is c1cc(NC2CCCCC2)c2cnccc2c1. The molecule has 2 aromatic rings. The fourth-order valence-electron chi connectivity index (χ4n) is 2.71. The van der Waals surface area contributed by atoms with Crippen LogP contribution in [-0.2, 0) is 0 Å². The van der Waals surface area contributed by atoms with Gasteiger partial charge in [0.15, 0.2) is 0 Å². The van der Waals surface area contributed by atoms with Crippen LogP contribution in [0, 0.1) is 0 Å². The maximum Gasteiger partial charge on any atom is 0.0437 e. The molecule has 1 saturated carbocycles. The number of rotatable bonds is 2. The highest BCUT2D eigenvalue weighted by molar-refractivity contribution is 5.93. The number of nitrogens with one attached hydrogen (secondary N) is 1. The highest BCUT2D eigenvalue weighted by Gasteiger charge is 2.13. The van der Waals surface area contributed by atoms with Crippen molar-refractivity contribution in [2.75, 3.05) is 5.32 Å². The van der Waals surface area contributed by atoms with E-state index in [9.17, 15) is 0 Å². The average molecular weight is 226 g/mol. The third-order valence-electron chi connectivity index (χ3n) is 3.65. The normalized spacial score (nSPS) is 17.2. The summed E-state index contributed by atoms with van der Waals surface area (Å²) in [6.07, 6.45) is 10.5. The minimum atomic E-state index is 0.648. The van der Waals surface area contributed by atoms with Crippen LogP contribution in [0.15, 0.2) is 36.7 Å². The minimum absolute atomic E-state index is 0.648. The molecule has 1 N–H and O–H groups in total. The first-order valence-electron chi connectivity index (χ1n) is 6.53. The summed E-state index contributed by atoms with van der Waals surface area (Å²) in [5, 5.41) is 6.19. The van der Waals surface area contributed by atoms with Crippen LogP contribution in [0.5, 0.6) is 0 Å². The lowest BCUT2D eigenvalue weighted by molar-refractivity contribution is 0.463. The Labute approximate surface area is 102 Å². The maximum absolute atomic E-state index is 4.23. The Hall–Kier alpha value is -1.57. The highest BCUT2D eigenvalue weighted by Crippen LogP contribution is 2.26. The predicted molar refractivity (Wildman–Crippen MR) is 72.2 cm³/mol. The quantitative estimate of drug-likeness (QED) is 0.837. The molecule has 0 aliphatic heterocycles. The fraction of sp³-hybridized carbons (Fsp3) is 0.400. The van der Waals surface area contributed by atoms with E-state index in [1.54, 1.807) is 0 Å². The van der Waals surface area contributed by atoms with Crippen molar-refractivity contribution in [3.05, 3.63) is 36.7 Å². The highest BCUT2D eigenvalue weighted by atomic mass is 14.9. The molecule has 1 aromatic heterocycles. The lowest BCUT2D eigenvalue weighted by Gasteiger charge is -2.24. The van der Waals surface area contributed by atoms with Crippen molar-refractivity contribution in [3.8, 4) is 0 Å². The Morgan fingerprint density at radius 2 is 1.94 bits per heavy atom. The summed E-state index contributed by atoms with van der Waals surface area (Å²) in [5.74, 6) is 0. The summed E-state index contributed by atoms with van der Waals surface area (Å²) >= 11 is 0. The number of pyridine rings is 1. The third-order valence-corrected chi connectivity index (χ3v) is 3.65. The van der Waals surface area contributed by atoms with Crippen LogP contribution in [-0.4, -0.2) is 11.0 Å². The van der Waals surface area contributed by atoms with Gasteiger partial charge in [-0.05, 0) is 30.4 Å². The van der Waals surface area contributed by atoms with Gasteiger partial charge >= 0.3 is 0 Å². The van der Waals surface area contributed by atoms with Gasteiger partial charge in [0.2, 0.25) is 0 Å². The first-order valence-corrected chi connectivity index (χ1v) is 6.53. The number of aromatic nitrogens is 1. The van der Waals surface area contributed by atoms with Gasteiger partial charge in [-0.15, -0.1) is 0 Å². The van der Waals surface area contributed by atoms with Gasteiger partial charge in [-0.3, -0.25) is 4.98 Å². The van der Waals surface area contributed by atoms with Crippen LogP contribution < -0.4 is 5.32 Å². The van der Waals surface area contributed by atoms with Crippen LogP contribution in [0.25, 0.3) is 10.8 Å². The van der Waals surface area contributed by atoms with Crippen LogP contribution in [0.1, 0.15) is 32.1 Å². The molecule has 0 spiro atoms. The van der Waals surface area contributed by atoms with Gasteiger partial charge in [0.1, 0.15) is 0 Å². The fourth-order valence-corrected chi connectivity index (χ4v) is 2.71. The largest absolute Gasteiger partial charge is 0.382 e.